The van der Waals surface area contributed by atoms with E-state index in [1.807, 2.05) is 30.3 Å². The topological polar surface area (TPSA) is 81.9 Å². The molecule has 0 amide bonds. The molecule has 0 unspecified atom stereocenters. The lowest BCUT2D eigenvalue weighted by molar-refractivity contribution is 0.602. The highest BCUT2D eigenvalue weighted by Gasteiger charge is 2.29. The largest absolute Gasteiger partial charge is 0.291 e. The fraction of sp³-hybridized carbons (Fsp3) is 0.208. The van der Waals surface area contributed by atoms with Crippen molar-refractivity contribution >= 4 is 20.7 Å². The zero-order chi connectivity index (χ0) is 21.6. The van der Waals surface area contributed by atoms with Crippen LogP contribution >= 0.6 is 0 Å². The van der Waals surface area contributed by atoms with Crippen molar-refractivity contribution in [3.8, 4) is 11.1 Å². The lowest BCUT2D eigenvalue weighted by Crippen LogP contribution is -2.25. The molecule has 156 valence electrons. The second-order valence-corrected chi connectivity index (χ2v) is 10.0. The first-order valence-electron chi connectivity index (χ1n) is 10.1. The van der Waals surface area contributed by atoms with Crippen LogP contribution in [0.15, 0.2) is 76.7 Å². The minimum atomic E-state index is -3.25. The van der Waals surface area contributed by atoms with Crippen molar-refractivity contribution in [1.29, 1.82) is 0 Å². The van der Waals surface area contributed by atoms with E-state index in [0.29, 0.717) is 23.4 Å². The summed E-state index contributed by atoms with van der Waals surface area (Å²) in [4.78, 5) is 22.7. The summed E-state index contributed by atoms with van der Waals surface area (Å²) in [5, 5.41) is 0.554. The minimum absolute atomic E-state index is 0.0645. The number of benzene rings is 2. The Bertz CT molecular complexity index is 1440. The van der Waals surface area contributed by atoms with Crippen LogP contribution in [0.5, 0.6) is 0 Å². The Morgan fingerprint density at radius 2 is 1.77 bits per heavy atom. The number of sulfone groups is 1. The minimum Gasteiger partial charge on any atom is -0.291 e. The molecule has 31 heavy (non-hydrogen) atoms. The smallest absolute Gasteiger partial charge is 0.261 e. The molecule has 1 fully saturated rings. The molecule has 0 aliphatic heterocycles. The van der Waals surface area contributed by atoms with Gasteiger partial charge in [0.1, 0.15) is 5.82 Å². The molecule has 1 saturated carbocycles. The average Bonchev–Trinajstić information content (AvgIpc) is 3.61. The first kappa shape index (κ1) is 19.6. The number of nitrogens with zero attached hydrogens (tertiary/aromatic N) is 3. The fourth-order valence-electron chi connectivity index (χ4n) is 3.79. The molecule has 2 heterocycles. The predicted octanol–water partition coefficient (Wildman–Crippen LogP) is 3.79. The molecule has 7 heteroatoms. The number of fused-ring (bicyclic) bond motifs is 1. The molecule has 2 aromatic carbocycles. The van der Waals surface area contributed by atoms with Gasteiger partial charge < -0.3 is 0 Å². The molecular weight excluding hydrogens is 410 g/mol. The molecule has 0 saturated heterocycles. The van der Waals surface area contributed by atoms with Crippen LogP contribution in [0.3, 0.4) is 0 Å². The zero-order valence-corrected chi connectivity index (χ0v) is 17.8. The van der Waals surface area contributed by atoms with Crippen LogP contribution in [0.4, 0.5) is 0 Å². The summed E-state index contributed by atoms with van der Waals surface area (Å²) in [7, 11) is -3.25. The van der Waals surface area contributed by atoms with E-state index in [-0.39, 0.29) is 10.5 Å². The first-order chi connectivity index (χ1) is 14.9. The summed E-state index contributed by atoms with van der Waals surface area (Å²) in [5.41, 5.74) is 3.27. The van der Waals surface area contributed by atoms with Gasteiger partial charge in [0.2, 0.25) is 0 Å². The van der Waals surface area contributed by atoms with Gasteiger partial charge in [-0.2, -0.15) is 0 Å². The van der Waals surface area contributed by atoms with Gasteiger partial charge >= 0.3 is 0 Å². The van der Waals surface area contributed by atoms with Crippen molar-refractivity contribution in [3.63, 3.8) is 0 Å². The highest BCUT2D eigenvalue weighted by atomic mass is 32.2. The number of hydrogen-bond acceptors (Lipinski definition) is 5. The lowest BCUT2D eigenvalue weighted by atomic mass is 10.0. The Hall–Kier alpha value is -3.32. The van der Waals surface area contributed by atoms with Crippen LogP contribution in [-0.2, 0) is 16.4 Å². The zero-order valence-electron chi connectivity index (χ0n) is 17.0. The van der Waals surface area contributed by atoms with E-state index in [4.69, 9.17) is 4.98 Å². The van der Waals surface area contributed by atoms with Gasteiger partial charge in [-0.05, 0) is 59.9 Å². The van der Waals surface area contributed by atoms with Gasteiger partial charge in [0, 0.05) is 24.6 Å². The van der Waals surface area contributed by atoms with Gasteiger partial charge in [0.25, 0.3) is 5.56 Å². The maximum Gasteiger partial charge on any atom is 0.261 e. The highest BCUT2D eigenvalue weighted by molar-refractivity contribution is 7.90. The second kappa shape index (κ2) is 7.42. The van der Waals surface area contributed by atoms with Crippen LogP contribution in [0, 0.1) is 0 Å². The molecule has 0 N–H and O–H groups in total. The number of hydrogen-bond donors (Lipinski definition) is 0. The van der Waals surface area contributed by atoms with Gasteiger partial charge in [-0.25, -0.2) is 13.4 Å². The van der Waals surface area contributed by atoms with Crippen molar-refractivity contribution in [2.75, 3.05) is 6.26 Å². The Balaban J connectivity index is 1.62. The third kappa shape index (κ3) is 3.88. The lowest BCUT2D eigenvalue weighted by Gasteiger charge is -2.14. The Kier molecular flexibility index (Phi) is 4.70. The molecule has 0 spiro atoms. The predicted molar refractivity (Wildman–Crippen MR) is 120 cm³/mol. The normalized spacial score (nSPS) is 14.1. The van der Waals surface area contributed by atoms with Crippen molar-refractivity contribution in [1.82, 2.24) is 14.5 Å². The standard InChI is InChI=1S/C24H21N3O3S/c1-31(29,30)20-9-6-17(7-10-20)19-8-11-22-21(13-19)24(28)27(23(26-22)18-4-5-18)15-16-3-2-12-25-14-16/h2-3,6-14,18H,4-5,15H2,1H3. The monoisotopic (exact) mass is 431 g/mol. The molecule has 0 bridgehead atoms. The summed E-state index contributed by atoms with van der Waals surface area (Å²) in [5.74, 6) is 1.17. The van der Waals surface area contributed by atoms with Crippen LogP contribution in [0.25, 0.3) is 22.0 Å². The average molecular weight is 432 g/mol. The summed E-state index contributed by atoms with van der Waals surface area (Å²) >= 11 is 0. The van der Waals surface area contributed by atoms with Crippen molar-refractivity contribution in [2.24, 2.45) is 0 Å². The Morgan fingerprint density at radius 3 is 2.42 bits per heavy atom. The second-order valence-electron chi connectivity index (χ2n) is 8.03. The van der Waals surface area contributed by atoms with Crippen molar-refractivity contribution in [2.45, 2.75) is 30.2 Å². The van der Waals surface area contributed by atoms with Crippen molar-refractivity contribution < 1.29 is 8.42 Å². The molecule has 1 aliphatic rings. The number of aromatic nitrogens is 3. The molecule has 5 rings (SSSR count). The Labute approximate surface area is 180 Å². The van der Waals surface area contributed by atoms with Gasteiger partial charge in [-0.15, -0.1) is 0 Å². The van der Waals surface area contributed by atoms with Gasteiger partial charge in [-0.1, -0.05) is 24.3 Å². The van der Waals surface area contributed by atoms with Gasteiger partial charge in [0.05, 0.1) is 22.3 Å². The van der Waals surface area contributed by atoms with Crippen LogP contribution in [0.2, 0.25) is 0 Å². The highest BCUT2D eigenvalue weighted by Crippen LogP contribution is 2.39. The summed E-state index contributed by atoms with van der Waals surface area (Å²) in [6.45, 7) is 0.439. The van der Waals surface area contributed by atoms with Gasteiger partial charge in [0.15, 0.2) is 9.84 Å². The summed E-state index contributed by atoms with van der Waals surface area (Å²) in [6.07, 6.45) is 6.78. The van der Waals surface area contributed by atoms with Crippen LogP contribution < -0.4 is 5.56 Å². The molecule has 0 radical (unpaired) electrons. The van der Waals surface area contributed by atoms with E-state index in [0.717, 1.165) is 35.4 Å². The van der Waals surface area contributed by atoms with E-state index in [2.05, 4.69) is 4.98 Å². The molecule has 0 atom stereocenters. The molecule has 4 aromatic rings. The van der Waals surface area contributed by atoms with Crippen LogP contribution in [-0.4, -0.2) is 29.2 Å². The van der Waals surface area contributed by atoms with Crippen molar-refractivity contribution in [3.05, 3.63) is 88.7 Å². The van der Waals surface area contributed by atoms with E-state index in [9.17, 15) is 13.2 Å². The van der Waals surface area contributed by atoms with E-state index < -0.39 is 9.84 Å². The third-order valence-electron chi connectivity index (χ3n) is 5.61. The van der Waals surface area contributed by atoms with E-state index in [1.54, 1.807) is 41.2 Å². The van der Waals surface area contributed by atoms with Crippen LogP contribution in [0.1, 0.15) is 30.1 Å². The SMILES string of the molecule is CS(=O)(=O)c1ccc(-c2ccc3nc(C4CC4)n(Cc4cccnc4)c(=O)c3c2)cc1. The van der Waals surface area contributed by atoms with Gasteiger partial charge in [-0.3, -0.25) is 14.3 Å². The quantitative estimate of drug-likeness (QED) is 0.480. The molecular formula is C24H21N3O3S. The molecule has 2 aromatic heterocycles. The summed E-state index contributed by atoms with van der Waals surface area (Å²) < 4.78 is 25.2. The third-order valence-corrected chi connectivity index (χ3v) is 6.73. The maximum atomic E-state index is 13.5. The first-order valence-corrected chi connectivity index (χ1v) is 12.0. The number of rotatable bonds is 5. The molecule has 6 nitrogen and oxygen atoms in total. The van der Waals surface area contributed by atoms with E-state index in [1.165, 1.54) is 6.26 Å². The Morgan fingerprint density at radius 1 is 1.03 bits per heavy atom. The molecule has 1 aliphatic carbocycles. The number of pyridine rings is 1. The summed E-state index contributed by atoms with van der Waals surface area (Å²) in [6, 6.07) is 16.2. The fourth-order valence-corrected chi connectivity index (χ4v) is 4.42. The van der Waals surface area contributed by atoms with E-state index >= 15 is 0 Å². The maximum absolute atomic E-state index is 13.5.